The molecule has 0 saturated carbocycles. The third kappa shape index (κ3) is 4.34. The summed E-state index contributed by atoms with van der Waals surface area (Å²) in [6.45, 7) is 3.68. The van der Waals surface area contributed by atoms with Crippen LogP contribution in [0.3, 0.4) is 0 Å². The smallest absolute Gasteiger partial charge is 0.336 e. The number of hydrogen-bond donors (Lipinski definition) is 1. The van der Waals surface area contributed by atoms with Gasteiger partial charge >= 0.3 is 5.97 Å². The summed E-state index contributed by atoms with van der Waals surface area (Å²) in [6.07, 6.45) is 0.345. The molecule has 2 aromatic carbocycles. The number of carbonyl (C=O) groups is 3. The SMILES string of the molecule is Cc1cccc(CC(=O)N2CCN(C(=O)c3ccccc3C(=O)O)CC2)c1. The fourth-order valence-corrected chi connectivity index (χ4v) is 3.29. The number of amides is 2. The number of carbonyl (C=O) groups excluding carboxylic acids is 2. The van der Waals surface area contributed by atoms with Gasteiger partial charge in [0.1, 0.15) is 0 Å². The second-order valence-electron chi connectivity index (χ2n) is 6.69. The van der Waals surface area contributed by atoms with E-state index < -0.39 is 5.97 Å². The molecule has 140 valence electrons. The van der Waals surface area contributed by atoms with Crippen molar-refractivity contribution in [2.45, 2.75) is 13.3 Å². The highest BCUT2D eigenvalue weighted by atomic mass is 16.4. The van der Waals surface area contributed by atoms with E-state index in [-0.39, 0.29) is 22.9 Å². The van der Waals surface area contributed by atoms with Gasteiger partial charge in [0.2, 0.25) is 5.91 Å². The summed E-state index contributed by atoms with van der Waals surface area (Å²) in [6, 6.07) is 14.1. The second-order valence-corrected chi connectivity index (χ2v) is 6.69. The Morgan fingerprint density at radius 1 is 0.889 bits per heavy atom. The zero-order valence-electron chi connectivity index (χ0n) is 15.2. The Morgan fingerprint density at radius 2 is 1.52 bits per heavy atom. The van der Waals surface area contributed by atoms with Crippen LogP contribution in [0.2, 0.25) is 0 Å². The molecule has 0 aliphatic carbocycles. The van der Waals surface area contributed by atoms with Crippen molar-refractivity contribution in [1.82, 2.24) is 9.80 Å². The Bertz CT molecular complexity index is 870. The topological polar surface area (TPSA) is 77.9 Å². The molecule has 0 radical (unpaired) electrons. The summed E-state index contributed by atoms with van der Waals surface area (Å²) in [4.78, 5) is 39.9. The maximum absolute atomic E-state index is 12.7. The van der Waals surface area contributed by atoms with Crippen molar-refractivity contribution in [3.8, 4) is 0 Å². The summed E-state index contributed by atoms with van der Waals surface area (Å²) < 4.78 is 0. The lowest BCUT2D eigenvalue weighted by Crippen LogP contribution is -2.51. The lowest BCUT2D eigenvalue weighted by atomic mass is 10.1. The Morgan fingerprint density at radius 3 is 2.15 bits per heavy atom. The third-order valence-corrected chi connectivity index (χ3v) is 4.75. The summed E-state index contributed by atoms with van der Waals surface area (Å²) >= 11 is 0. The first-order valence-corrected chi connectivity index (χ1v) is 8.90. The standard InChI is InChI=1S/C21H22N2O4/c1-15-5-4-6-16(13-15)14-19(24)22-9-11-23(12-10-22)20(25)17-7-2-3-8-18(17)21(26)27/h2-8,13H,9-12,14H2,1H3,(H,26,27). The molecule has 3 rings (SSSR count). The molecule has 0 atom stereocenters. The van der Waals surface area contributed by atoms with Gasteiger partial charge in [0, 0.05) is 26.2 Å². The van der Waals surface area contributed by atoms with E-state index in [2.05, 4.69) is 0 Å². The molecule has 1 saturated heterocycles. The van der Waals surface area contributed by atoms with E-state index in [0.717, 1.165) is 11.1 Å². The molecule has 0 unspecified atom stereocenters. The maximum Gasteiger partial charge on any atom is 0.336 e. The maximum atomic E-state index is 12.7. The van der Waals surface area contributed by atoms with Gasteiger partial charge in [-0.15, -0.1) is 0 Å². The molecule has 1 fully saturated rings. The van der Waals surface area contributed by atoms with Crippen LogP contribution < -0.4 is 0 Å². The highest BCUT2D eigenvalue weighted by Gasteiger charge is 2.27. The summed E-state index contributed by atoms with van der Waals surface area (Å²) in [7, 11) is 0. The molecule has 1 aliphatic heterocycles. The Hall–Kier alpha value is -3.15. The van der Waals surface area contributed by atoms with Crippen molar-refractivity contribution < 1.29 is 19.5 Å². The summed E-state index contributed by atoms with van der Waals surface area (Å²) in [5.41, 5.74) is 2.28. The largest absolute Gasteiger partial charge is 0.478 e. The van der Waals surface area contributed by atoms with Gasteiger partial charge in [0.05, 0.1) is 17.5 Å². The minimum Gasteiger partial charge on any atom is -0.478 e. The fraction of sp³-hybridized carbons (Fsp3) is 0.286. The van der Waals surface area contributed by atoms with Gasteiger partial charge in [-0.3, -0.25) is 9.59 Å². The van der Waals surface area contributed by atoms with Crippen LogP contribution >= 0.6 is 0 Å². The molecule has 6 nitrogen and oxygen atoms in total. The quantitative estimate of drug-likeness (QED) is 0.900. The van der Waals surface area contributed by atoms with Crippen molar-refractivity contribution in [2.24, 2.45) is 0 Å². The first-order valence-electron chi connectivity index (χ1n) is 8.90. The third-order valence-electron chi connectivity index (χ3n) is 4.75. The van der Waals surface area contributed by atoms with E-state index >= 15 is 0 Å². The minimum atomic E-state index is -1.12. The fourth-order valence-electron chi connectivity index (χ4n) is 3.29. The van der Waals surface area contributed by atoms with Crippen LogP contribution in [0.1, 0.15) is 31.8 Å². The molecule has 0 bridgehead atoms. The van der Waals surface area contributed by atoms with Crippen LogP contribution in [0.5, 0.6) is 0 Å². The summed E-state index contributed by atoms with van der Waals surface area (Å²) in [5.74, 6) is -1.39. The van der Waals surface area contributed by atoms with Crippen molar-refractivity contribution >= 4 is 17.8 Å². The molecular formula is C21H22N2O4. The van der Waals surface area contributed by atoms with Gasteiger partial charge in [0.25, 0.3) is 5.91 Å². The average Bonchev–Trinajstić information content (AvgIpc) is 2.67. The van der Waals surface area contributed by atoms with Gasteiger partial charge in [-0.2, -0.15) is 0 Å². The van der Waals surface area contributed by atoms with Crippen LogP contribution in [-0.4, -0.2) is 58.9 Å². The first-order chi connectivity index (χ1) is 13.0. The molecule has 2 amide bonds. The predicted octanol–water partition coefficient (Wildman–Crippen LogP) is 2.22. The van der Waals surface area contributed by atoms with Crippen molar-refractivity contribution in [1.29, 1.82) is 0 Å². The highest BCUT2D eigenvalue weighted by molar-refractivity contribution is 6.04. The lowest BCUT2D eigenvalue weighted by molar-refractivity contribution is -0.131. The van der Waals surface area contributed by atoms with Gasteiger partial charge in [-0.25, -0.2) is 4.79 Å². The Kier molecular flexibility index (Phi) is 5.54. The number of piperazine rings is 1. The van der Waals surface area contributed by atoms with Gasteiger partial charge in [-0.05, 0) is 24.6 Å². The van der Waals surface area contributed by atoms with E-state index in [1.54, 1.807) is 21.9 Å². The number of nitrogens with zero attached hydrogens (tertiary/aromatic N) is 2. The van der Waals surface area contributed by atoms with E-state index in [4.69, 9.17) is 0 Å². The molecule has 0 aromatic heterocycles. The number of aryl methyl sites for hydroxylation is 1. The van der Waals surface area contributed by atoms with Gasteiger partial charge in [-0.1, -0.05) is 42.0 Å². The Labute approximate surface area is 158 Å². The highest BCUT2D eigenvalue weighted by Crippen LogP contribution is 2.15. The lowest BCUT2D eigenvalue weighted by Gasteiger charge is -2.35. The minimum absolute atomic E-state index is 0.000420. The number of hydrogen-bond acceptors (Lipinski definition) is 3. The molecular weight excluding hydrogens is 344 g/mol. The van der Waals surface area contributed by atoms with Crippen LogP contribution in [-0.2, 0) is 11.2 Å². The van der Waals surface area contributed by atoms with E-state index in [0.29, 0.717) is 32.6 Å². The number of carboxylic acids is 1. The zero-order valence-corrected chi connectivity index (χ0v) is 15.2. The van der Waals surface area contributed by atoms with Crippen LogP contribution in [0.15, 0.2) is 48.5 Å². The van der Waals surface area contributed by atoms with Crippen LogP contribution in [0.4, 0.5) is 0 Å². The van der Waals surface area contributed by atoms with Crippen LogP contribution in [0, 0.1) is 6.92 Å². The molecule has 1 heterocycles. The number of rotatable bonds is 4. The first kappa shape index (κ1) is 18.6. The second kappa shape index (κ2) is 8.03. The molecule has 6 heteroatoms. The zero-order chi connectivity index (χ0) is 19.4. The van der Waals surface area contributed by atoms with Crippen molar-refractivity contribution in [3.05, 3.63) is 70.8 Å². The summed E-state index contributed by atoms with van der Waals surface area (Å²) in [5, 5.41) is 9.26. The normalized spacial score (nSPS) is 14.1. The van der Waals surface area contributed by atoms with Crippen molar-refractivity contribution in [3.63, 3.8) is 0 Å². The molecule has 1 N–H and O–H groups in total. The van der Waals surface area contributed by atoms with Gasteiger partial charge in [0.15, 0.2) is 0 Å². The molecule has 0 spiro atoms. The van der Waals surface area contributed by atoms with E-state index in [1.165, 1.54) is 12.1 Å². The Balaban J connectivity index is 1.61. The van der Waals surface area contributed by atoms with E-state index in [9.17, 15) is 19.5 Å². The molecule has 27 heavy (non-hydrogen) atoms. The average molecular weight is 366 g/mol. The van der Waals surface area contributed by atoms with Crippen LogP contribution in [0.25, 0.3) is 0 Å². The van der Waals surface area contributed by atoms with E-state index in [1.807, 2.05) is 31.2 Å². The molecule has 2 aromatic rings. The number of aromatic carboxylic acids is 1. The van der Waals surface area contributed by atoms with Gasteiger partial charge < -0.3 is 14.9 Å². The molecule has 1 aliphatic rings. The van der Waals surface area contributed by atoms with Crippen molar-refractivity contribution in [2.75, 3.05) is 26.2 Å². The monoisotopic (exact) mass is 366 g/mol. The number of benzene rings is 2. The predicted molar refractivity (Wildman–Crippen MR) is 101 cm³/mol. The number of carboxylic acid groups (broad SMARTS) is 1.